The van der Waals surface area contributed by atoms with Gasteiger partial charge in [-0.25, -0.2) is 0 Å². The molecule has 1 atom stereocenters. The van der Waals surface area contributed by atoms with Crippen LogP contribution in [0.3, 0.4) is 0 Å². The van der Waals surface area contributed by atoms with Crippen molar-refractivity contribution in [3.05, 3.63) is 65.9 Å². The SMILES string of the molecule is O=C(Nc1ccc2c([C@H](C(=O)O)N3CCOCC3)c[nH]c2c1)c1ccccc1. The Kier molecular flexibility index (Phi) is 5.10. The highest BCUT2D eigenvalue weighted by Crippen LogP contribution is 2.31. The van der Waals surface area contributed by atoms with Crippen LogP contribution >= 0.6 is 0 Å². The highest BCUT2D eigenvalue weighted by Gasteiger charge is 2.30. The molecule has 2 aromatic carbocycles. The van der Waals surface area contributed by atoms with E-state index in [1.54, 1.807) is 24.4 Å². The van der Waals surface area contributed by atoms with Crippen molar-refractivity contribution in [1.82, 2.24) is 9.88 Å². The Labute approximate surface area is 161 Å². The minimum atomic E-state index is -0.885. The zero-order chi connectivity index (χ0) is 19.5. The van der Waals surface area contributed by atoms with Crippen molar-refractivity contribution < 1.29 is 19.4 Å². The zero-order valence-corrected chi connectivity index (χ0v) is 15.2. The van der Waals surface area contributed by atoms with Gasteiger partial charge < -0.3 is 20.1 Å². The fourth-order valence-corrected chi connectivity index (χ4v) is 3.57. The average Bonchev–Trinajstić information content (AvgIpc) is 3.12. The van der Waals surface area contributed by atoms with Crippen molar-refractivity contribution in [2.75, 3.05) is 31.6 Å². The number of morpholine rings is 1. The van der Waals surface area contributed by atoms with Crippen molar-refractivity contribution in [3.63, 3.8) is 0 Å². The maximum absolute atomic E-state index is 12.3. The molecular formula is C21H21N3O4. The Balaban J connectivity index is 1.60. The fourth-order valence-electron chi connectivity index (χ4n) is 3.57. The van der Waals surface area contributed by atoms with Gasteiger partial charge in [0.05, 0.1) is 13.2 Å². The lowest BCUT2D eigenvalue weighted by molar-refractivity contribution is -0.145. The molecule has 144 valence electrons. The molecule has 1 fully saturated rings. The van der Waals surface area contributed by atoms with E-state index in [-0.39, 0.29) is 5.91 Å². The lowest BCUT2D eigenvalue weighted by Gasteiger charge is -2.31. The minimum Gasteiger partial charge on any atom is -0.480 e. The molecule has 0 unspecified atom stereocenters. The smallest absolute Gasteiger partial charge is 0.325 e. The number of aliphatic carboxylic acids is 1. The lowest BCUT2D eigenvalue weighted by atomic mass is 10.0. The number of benzene rings is 2. The first kappa shape index (κ1) is 18.2. The van der Waals surface area contributed by atoms with Crippen molar-refractivity contribution in [3.8, 4) is 0 Å². The number of carboxylic acid groups (broad SMARTS) is 1. The number of hydrogen-bond donors (Lipinski definition) is 3. The van der Waals surface area contributed by atoms with Gasteiger partial charge in [0.15, 0.2) is 0 Å². The highest BCUT2D eigenvalue weighted by atomic mass is 16.5. The first-order chi connectivity index (χ1) is 13.6. The number of fused-ring (bicyclic) bond motifs is 1. The van der Waals surface area contributed by atoms with Gasteiger partial charge in [-0.15, -0.1) is 0 Å². The maximum Gasteiger partial charge on any atom is 0.325 e. The van der Waals surface area contributed by atoms with E-state index in [1.807, 2.05) is 35.2 Å². The Morgan fingerprint density at radius 2 is 1.86 bits per heavy atom. The van der Waals surface area contributed by atoms with E-state index in [9.17, 15) is 14.7 Å². The summed E-state index contributed by atoms with van der Waals surface area (Å²) in [5.74, 6) is -1.08. The molecule has 0 spiro atoms. The molecule has 7 nitrogen and oxygen atoms in total. The van der Waals surface area contributed by atoms with Crippen LogP contribution in [0.4, 0.5) is 5.69 Å². The number of carbonyl (C=O) groups is 2. The van der Waals surface area contributed by atoms with Crippen molar-refractivity contribution >= 4 is 28.5 Å². The van der Waals surface area contributed by atoms with Crippen molar-refractivity contribution in [2.45, 2.75) is 6.04 Å². The normalized spacial score (nSPS) is 16.0. The quantitative estimate of drug-likeness (QED) is 0.634. The van der Waals surface area contributed by atoms with Gasteiger partial charge in [0.25, 0.3) is 5.91 Å². The molecule has 2 heterocycles. The summed E-state index contributed by atoms with van der Waals surface area (Å²) in [7, 11) is 0. The number of aromatic amines is 1. The number of anilines is 1. The Morgan fingerprint density at radius 3 is 2.57 bits per heavy atom. The Hall–Kier alpha value is -3.16. The predicted octanol–water partition coefficient (Wildman–Crippen LogP) is 2.88. The number of carbonyl (C=O) groups excluding carboxylic acids is 1. The van der Waals surface area contributed by atoms with E-state index >= 15 is 0 Å². The Bertz CT molecular complexity index is 993. The monoisotopic (exact) mass is 379 g/mol. The number of aromatic nitrogens is 1. The number of nitrogens with one attached hydrogen (secondary N) is 2. The number of hydrogen-bond acceptors (Lipinski definition) is 4. The van der Waals surface area contributed by atoms with E-state index in [4.69, 9.17) is 4.74 Å². The fraction of sp³-hybridized carbons (Fsp3) is 0.238. The molecule has 0 bridgehead atoms. The summed E-state index contributed by atoms with van der Waals surface area (Å²) in [6, 6.07) is 13.7. The molecule has 1 aliphatic heterocycles. The third kappa shape index (κ3) is 3.62. The van der Waals surface area contributed by atoms with Crippen LogP contribution < -0.4 is 5.32 Å². The minimum absolute atomic E-state index is 0.191. The van der Waals surface area contributed by atoms with Gasteiger partial charge in [-0.3, -0.25) is 14.5 Å². The first-order valence-corrected chi connectivity index (χ1v) is 9.15. The third-order valence-corrected chi connectivity index (χ3v) is 4.95. The largest absolute Gasteiger partial charge is 0.480 e. The number of carboxylic acids is 1. The third-order valence-electron chi connectivity index (χ3n) is 4.95. The van der Waals surface area contributed by atoms with Crippen molar-refractivity contribution in [2.24, 2.45) is 0 Å². The van der Waals surface area contributed by atoms with Gasteiger partial charge >= 0.3 is 5.97 Å². The average molecular weight is 379 g/mol. The molecule has 7 heteroatoms. The standard InChI is InChI=1S/C21H21N3O4/c25-20(14-4-2-1-3-5-14)23-15-6-7-16-17(13-22-18(16)12-15)19(21(26)27)24-8-10-28-11-9-24/h1-7,12-13,19,22H,8-11H2,(H,23,25)(H,26,27)/t19-/m1/s1. The molecule has 0 radical (unpaired) electrons. The summed E-state index contributed by atoms with van der Waals surface area (Å²) in [6.45, 7) is 2.22. The van der Waals surface area contributed by atoms with Crippen LogP contribution in [-0.2, 0) is 9.53 Å². The number of nitrogens with zero attached hydrogens (tertiary/aromatic N) is 1. The van der Waals surface area contributed by atoms with Crippen LogP contribution in [0.5, 0.6) is 0 Å². The van der Waals surface area contributed by atoms with Gasteiger partial charge in [0.2, 0.25) is 0 Å². The predicted molar refractivity (Wildman–Crippen MR) is 105 cm³/mol. The molecule has 0 saturated carbocycles. The zero-order valence-electron chi connectivity index (χ0n) is 15.2. The Morgan fingerprint density at radius 1 is 1.11 bits per heavy atom. The van der Waals surface area contributed by atoms with Crippen LogP contribution in [0.1, 0.15) is 22.0 Å². The van der Waals surface area contributed by atoms with E-state index in [2.05, 4.69) is 10.3 Å². The number of amides is 1. The molecule has 1 amide bonds. The second-order valence-electron chi connectivity index (χ2n) is 6.71. The molecule has 3 aromatic rings. The van der Waals surface area contributed by atoms with E-state index < -0.39 is 12.0 Å². The highest BCUT2D eigenvalue weighted by molar-refractivity contribution is 6.05. The van der Waals surface area contributed by atoms with Gasteiger partial charge in [-0.1, -0.05) is 24.3 Å². The molecule has 28 heavy (non-hydrogen) atoms. The number of H-pyrrole nitrogens is 1. The van der Waals surface area contributed by atoms with Crippen LogP contribution in [-0.4, -0.2) is 53.2 Å². The molecule has 1 aromatic heterocycles. The molecule has 0 aliphatic carbocycles. The van der Waals surface area contributed by atoms with Gasteiger partial charge in [0, 0.05) is 47.0 Å². The van der Waals surface area contributed by atoms with Crippen LogP contribution in [0.25, 0.3) is 10.9 Å². The summed E-state index contributed by atoms with van der Waals surface area (Å²) in [6.07, 6.45) is 1.74. The molecule has 1 aliphatic rings. The summed E-state index contributed by atoms with van der Waals surface area (Å²) >= 11 is 0. The first-order valence-electron chi connectivity index (χ1n) is 9.15. The van der Waals surface area contributed by atoms with Crippen LogP contribution in [0.2, 0.25) is 0 Å². The number of rotatable bonds is 5. The van der Waals surface area contributed by atoms with Crippen LogP contribution in [0, 0.1) is 0 Å². The van der Waals surface area contributed by atoms with E-state index in [1.165, 1.54) is 0 Å². The molecule has 4 rings (SSSR count). The van der Waals surface area contributed by atoms with Gasteiger partial charge in [0.1, 0.15) is 6.04 Å². The lowest BCUT2D eigenvalue weighted by Crippen LogP contribution is -2.42. The van der Waals surface area contributed by atoms with Gasteiger partial charge in [-0.2, -0.15) is 0 Å². The summed E-state index contributed by atoms with van der Waals surface area (Å²) in [5.41, 5.74) is 2.71. The van der Waals surface area contributed by atoms with E-state index in [0.717, 1.165) is 10.9 Å². The summed E-state index contributed by atoms with van der Waals surface area (Å²) in [5, 5.41) is 13.5. The van der Waals surface area contributed by atoms with E-state index in [0.29, 0.717) is 43.1 Å². The van der Waals surface area contributed by atoms with Crippen molar-refractivity contribution in [1.29, 1.82) is 0 Å². The second-order valence-corrected chi connectivity index (χ2v) is 6.71. The topological polar surface area (TPSA) is 94.7 Å². The maximum atomic E-state index is 12.3. The summed E-state index contributed by atoms with van der Waals surface area (Å²) < 4.78 is 5.34. The molecule has 3 N–H and O–H groups in total. The number of ether oxygens (including phenoxy) is 1. The summed E-state index contributed by atoms with van der Waals surface area (Å²) in [4.78, 5) is 29.4. The van der Waals surface area contributed by atoms with Gasteiger partial charge in [-0.05, 0) is 24.3 Å². The van der Waals surface area contributed by atoms with Crippen LogP contribution in [0.15, 0.2) is 54.7 Å². The second kappa shape index (κ2) is 7.84. The molecule has 1 saturated heterocycles. The molecular weight excluding hydrogens is 358 g/mol.